The Morgan fingerprint density at radius 1 is 0.783 bits per heavy atom. The van der Waals surface area contributed by atoms with E-state index in [-0.39, 0.29) is 0 Å². The Kier molecular flexibility index (Phi) is 7.88. The molecule has 0 saturated heterocycles. The molecule has 0 unspecified atom stereocenters. The van der Waals surface area contributed by atoms with Crippen molar-refractivity contribution in [3.63, 3.8) is 0 Å². The van der Waals surface area contributed by atoms with E-state index in [1.54, 1.807) is 18.2 Å². The highest BCUT2D eigenvalue weighted by Crippen LogP contribution is 2.23. The van der Waals surface area contributed by atoms with Crippen LogP contribution in [0.2, 0.25) is 0 Å². The zero-order chi connectivity index (χ0) is 17.1. The molecule has 0 atom stereocenters. The van der Waals surface area contributed by atoms with Crippen LogP contribution in [0.3, 0.4) is 0 Å². The van der Waals surface area contributed by atoms with E-state index in [2.05, 4.69) is 81.8 Å². The maximum absolute atomic E-state index is 3.83. The van der Waals surface area contributed by atoms with E-state index in [1.165, 1.54) is 16.7 Å². The second-order valence-corrected chi connectivity index (χ2v) is 4.98. The van der Waals surface area contributed by atoms with Crippen molar-refractivity contribution >= 4 is 5.57 Å². The van der Waals surface area contributed by atoms with Gasteiger partial charge in [-0.25, -0.2) is 0 Å². The van der Waals surface area contributed by atoms with E-state index in [9.17, 15) is 0 Å². The van der Waals surface area contributed by atoms with Gasteiger partial charge < -0.3 is 0 Å². The monoisotopic (exact) mass is 300 g/mol. The van der Waals surface area contributed by atoms with Crippen molar-refractivity contribution < 1.29 is 0 Å². The Morgan fingerprint density at radius 2 is 1.43 bits per heavy atom. The topological polar surface area (TPSA) is 0 Å². The molecule has 0 aliphatic heterocycles. The Morgan fingerprint density at radius 3 is 1.91 bits per heavy atom. The molecule has 116 valence electrons. The first kappa shape index (κ1) is 18.2. The second-order valence-electron chi connectivity index (χ2n) is 4.98. The van der Waals surface area contributed by atoms with Crippen molar-refractivity contribution in [2.75, 3.05) is 0 Å². The van der Waals surface area contributed by atoms with E-state index < -0.39 is 0 Å². The number of rotatable bonds is 5. The van der Waals surface area contributed by atoms with Crippen LogP contribution >= 0.6 is 0 Å². The van der Waals surface area contributed by atoms with Gasteiger partial charge in [-0.15, -0.1) is 0 Å². The summed E-state index contributed by atoms with van der Waals surface area (Å²) in [6, 6.07) is 17.1. The number of hydrogen-bond acceptors (Lipinski definition) is 0. The SMILES string of the molecule is C=C/C=C(\C=C)c1ccc(-c2cccc(C)c2)cc1.C=CC=C. The minimum Gasteiger partial charge on any atom is -0.0991 e. The Bertz CT molecular complexity index is 691. The van der Waals surface area contributed by atoms with Gasteiger partial charge in [0, 0.05) is 0 Å². The predicted molar refractivity (Wildman–Crippen MR) is 105 cm³/mol. The summed E-state index contributed by atoms with van der Waals surface area (Å²) in [5.41, 5.74) is 6.01. The highest BCUT2D eigenvalue weighted by atomic mass is 14.0. The standard InChI is InChI=1S/C19H18.C4H6/c1-4-7-16(5-2)17-10-12-18(13-11-17)19-9-6-8-15(3)14-19;1-3-4-2/h4-14H,1-2H2,3H3;3-4H,1-2H2/b16-7+;. The lowest BCUT2D eigenvalue weighted by atomic mass is 9.99. The summed E-state index contributed by atoms with van der Waals surface area (Å²) >= 11 is 0. The molecule has 0 aliphatic carbocycles. The molecule has 0 saturated carbocycles. The third-order valence-electron chi connectivity index (χ3n) is 3.25. The molecule has 0 spiro atoms. The third kappa shape index (κ3) is 5.80. The van der Waals surface area contributed by atoms with Crippen LogP contribution in [0.1, 0.15) is 11.1 Å². The molecule has 0 amide bonds. The molecule has 23 heavy (non-hydrogen) atoms. The van der Waals surface area contributed by atoms with Crippen LogP contribution in [0.15, 0.2) is 105 Å². The highest BCUT2D eigenvalue weighted by molar-refractivity contribution is 5.76. The van der Waals surface area contributed by atoms with Crippen molar-refractivity contribution in [1.82, 2.24) is 0 Å². The van der Waals surface area contributed by atoms with Crippen molar-refractivity contribution in [2.24, 2.45) is 0 Å². The van der Waals surface area contributed by atoms with Crippen molar-refractivity contribution in [3.8, 4) is 11.1 Å². The van der Waals surface area contributed by atoms with Gasteiger partial charge in [-0.3, -0.25) is 0 Å². The molecule has 0 N–H and O–H groups in total. The number of aryl methyl sites for hydroxylation is 1. The summed E-state index contributed by atoms with van der Waals surface area (Å²) in [6.45, 7) is 16.4. The van der Waals surface area contributed by atoms with Crippen LogP contribution in [0.25, 0.3) is 16.7 Å². The first-order valence-corrected chi connectivity index (χ1v) is 7.52. The zero-order valence-corrected chi connectivity index (χ0v) is 13.8. The highest BCUT2D eigenvalue weighted by Gasteiger charge is 2.00. The van der Waals surface area contributed by atoms with E-state index in [4.69, 9.17) is 0 Å². The van der Waals surface area contributed by atoms with Crippen LogP contribution < -0.4 is 0 Å². The van der Waals surface area contributed by atoms with Gasteiger partial charge in [-0.2, -0.15) is 0 Å². The van der Waals surface area contributed by atoms with Crippen LogP contribution in [-0.4, -0.2) is 0 Å². The maximum atomic E-state index is 3.83. The number of benzene rings is 2. The van der Waals surface area contributed by atoms with Crippen molar-refractivity contribution in [2.45, 2.75) is 6.92 Å². The van der Waals surface area contributed by atoms with E-state index in [0.717, 1.165) is 11.1 Å². The van der Waals surface area contributed by atoms with Crippen molar-refractivity contribution in [1.29, 1.82) is 0 Å². The number of hydrogen-bond donors (Lipinski definition) is 0. The molecule has 0 aromatic heterocycles. The molecule has 2 aromatic rings. The molecule has 0 radical (unpaired) electrons. The van der Waals surface area contributed by atoms with Gasteiger partial charge in [0.15, 0.2) is 0 Å². The van der Waals surface area contributed by atoms with Crippen molar-refractivity contribution in [3.05, 3.63) is 116 Å². The van der Waals surface area contributed by atoms with Gasteiger partial charge in [0.05, 0.1) is 0 Å². The molecule has 2 aromatic carbocycles. The van der Waals surface area contributed by atoms with E-state index in [1.807, 2.05) is 12.2 Å². The Labute approximate surface area is 140 Å². The molecule has 0 bridgehead atoms. The normalized spacial score (nSPS) is 10.0. The first-order valence-electron chi connectivity index (χ1n) is 7.52. The smallest absolute Gasteiger partial charge is 0.0181 e. The average Bonchev–Trinajstić information content (AvgIpc) is 2.60. The lowest BCUT2D eigenvalue weighted by molar-refractivity contribution is 1.46. The Balaban J connectivity index is 0.000000593. The van der Waals surface area contributed by atoms with Gasteiger partial charge in [-0.1, -0.05) is 111 Å². The zero-order valence-electron chi connectivity index (χ0n) is 13.8. The van der Waals surface area contributed by atoms with Crippen LogP contribution in [0.5, 0.6) is 0 Å². The summed E-state index contributed by atoms with van der Waals surface area (Å²) in [4.78, 5) is 0. The minimum absolute atomic E-state index is 1.09. The van der Waals surface area contributed by atoms with Gasteiger partial charge in [0.2, 0.25) is 0 Å². The first-order chi connectivity index (χ1) is 11.2. The van der Waals surface area contributed by atoms with Gasteiger partial charge in [0.1, 0.15) is 0 Å². The molecule has 0 aliphatic rings. The van der Waals surface area contributed by atoms with E-state index in [0.29, 0.717) is 0 Å². The molecule has 0 heteroatoms. The quantitative estimate of drug-likeness (QED) is 0.534. The molecular weight excluding hydrogens is 276 g/mol. The summed E-state index contributed by atoms with van der Waals surface area (Å²) in [5, 5.41) is 0. The largest absolute Gasteiger partial charge is 0.0991 e. The van der Waals surface area contributed by atoms with Gasteiger partial charge >= 0.3 is 0 Å². The van der Waals surface area contributed by atoms with E-state index >= 15 is 0 Å². The second kappa shape index (κ2) is 9.97. The lowest BCUT2D eigenvalue weighted by Gasteiger charge is -2.06. The van der Waals surface area contributed by atoms with Gasteiger partial charge in [0.25, 0.3) is 0 Å². The third-order valence-corrected chi connectivity index (χ3v) is 3.25. The predicted octanol–water partition coefficient (Wildman–Crippen LogP) is 6.78. The summed E-state index contributed by atoms with van der Waals surface area (Å²) in [6.07, 6.45) is 8.88. The fraction of sp³-hybridized carbons (Fsp3) is 0.0435. The average molecular weight is 300 g/mol. The van der Waals surface area contributed by atoms with Crippen LogP contribution in [0.4, 0.5) is 0 Å². The van der Waals surface area contributed by atoms with Crippen LogP contribution in [-0.2, 0) is 0 Å². The van der Waals surface area contributed by atoms with Gasteiger partial charge in [-0.05, 0) is 29.2 Å². The maximum Gasteiger partial charge on any atom is -0.0181 e. The molecule has 0 nitrogen and oxygen atoms in total. The molecular formula is C23H24. The van der Waals surface area contributed by atoms with Crippen LogP contribution in [0, 0.1) is 6.92 Å². The minimum atomic E-state index is 1.09. The lowest BCUT2D eigenvalue weighted by Crippen LogP contribution is -1.83. The molecule has 0 heterocycles. The summed E-state index contributed by atoms with van der Waals surface area (Å²) in [5.74, 6) is 0. The fourth-order valence-corrected chi connectivity index (χ4v) is 2.09. The molecule has 2 rings (SSSR count). The summed E-state index contributed by atoms with van der Waals surface area (Å²) < 4.78 is 0. The fourth-order valence-electron chi connectivity index (χ4n) is 2.09. The summed E-state index contributed by atoms with van der Waals surface area (Å²) in [7, 11) is 0. The number of allylic oxidation sites excluding steroid dienone is 6. The Hall–Kier alpha value is -2.86. The molecule has 0 fully saturated rings.